The Morgan fingerprint density at radius 2 is 1.06 bits per heavy atom. The van der Waals surface area contributed by atoms with Crippen LogP contribution in [-0.4, -0.2) is 6.21 Å². The summed E-state index contributed by atoms with van der Waals surface area (Å²) in [5.41, 5.74) is 0. The van der Waals surface area contributed by atoms with E-state index in [1.807, 2.05) is 72.2 Å². The molecular formula is C13H14N2S. The third kappa shape index (κ3) is 7.64. The first-order chi connectivity index (χ1) is 8.00. The lowest BCUT2D eigenvalue weighted by molar-refractivity contribution is 1.30. The fraction of sp³-hybridized carbons (Fsp3) is 0. The van der Waals surface area contributed by atoms with Crippen molar-refractivity contribution in [2.24, 2.45) is 9.57 Å². The number of hydrogen-bond acceptors (Lipinski definition) is 2. The largest absolute Gasteiger partial charge is 0.153 e. The summed E-state index contributed by atoms with van der Waals surface area (Å²) in [6, 6.07) is 0. The topological polar surface area (TPSA) is 24.7 Å². The van der Waals surface area contributed by atoms with Gasteiger partial charge in [-0.05, 0) is 11.5 Å². The van der Waals surface area contributed by atoms with E-state index in [2.05, 4.69) is 9.57 Å². The van der Waals surface area contributed by atoms with Crippen LogP contribution in [0.2, 0.25) is 0 Å². The van der Waals surface area contributed by atoms with Crippen molar-refractivity contribution in [3.63, 3.8) is 0 Å². The zero-order valence-electron chi connectivity index (χ0n) is 8.85. The second kappa shape index (κ2) is 9.80. The van der Waals surface area contributed by atoms with Gasteiger partial charge in [-0.15, -0.1) is 4.47 Å². The Kier molecular flexibility index (Phi) is 7.55. The molecule has 0 aliphatic carbocycles. The molecule has 0 aromatic rings. The summed E-state index contributed by atoms with van der Waals surface area (Å²) < 4.78 is 3.91. The van der Waals surface area contributed by atoms with Gasteiger partial charge in [0.2, 0.25) is 0 Å². The number of rotatable bonds is 0. The van der Waals surface area contributed by atoms with Crippen LogP contribution < -0.4 is 0 Å². The first-order valence-corrected chi connectivity index (χ1v) is 5.83. The van der Waals surface area contributed by atoms with E-state index in [1.165, 1.54) is 0 Å². The summed E-state index contributed by atoms with van der Waals surface area (Å²) in [5.74, 6) is 0. The van der Waals surface area contributed by atoms with Crippen LogP contribution in [0.25, 0.3) is 0 Å². The average molecular weight is 230 g/mol. The van der Waals surface area contributed by atoms with Gasteiger partial charge in [0.25, 0.3) is 0 Å². The zero-order chi connectivity index (χ0) is 11.3. The summed E-state index contributed by atoms with van der Waals surface area (Å²) in [4.78, 5) is 0. The summed E-state index contributed by atoms with van der Waals surface area (Å²) in [6.07, 6.45) is 23.1. The first kappa shape index (κ1) is 12.3. The lowest BCUT2D eigenvalue weighted by atomic mass is 10.3. The molecule has 0 radical (unpaired) electrons. The Morgan fingerprint density at radius 1 is 0.562 bits per heavy atom. The standard InChI is InChI=1S/C13H14N2S/c1-2-4-6-8-10-12-14-15-16-13-11-9-7-5-3-1/h1-13,16H. The highest BCUT2D eigenvalue weighted by Gasteiger charge is 1.66. The van der Waals surface area contributed by atoms with Crippen molar-refractivity contribution in [1.29, 1.82) is 0 Å². The normalized spacial score (nSPS) is 16.5. The van der Waals surface area contributed by atoms with Gasteiger partial charge in [0, 0.05) is 0 Å². The van der Waals surface area contributed by atoms with Crippen LogP contribution in [0.1, 0.15) is 0 Å². The minimum atomic E-state index is 0.835. The third-order valence-electron chi connectivity index (χ3n) is 1.52. The van der Waals surface area contributed by atoms with Crippen molar-refractivity contribution < 1.29 is 0 Å². The van der Waals surface area contributed by atoms with E-state index in [0.717, 1.165) is 11.6 Å². The average Bonchev–Trinajstić information content (AvgIpc) is 2.29. The van der Waals surface area contributed by atoms with Gasteiger partial charge < -0.3 is 0 Å². The second-order valence-electron chi connectivity index (χ2n) is 2.74. The molecule has 0 unspecified atom stereocenters. The number of allylic oxidation sites excluding steroid dienone is 11. The van der Waals surface area contributed by atoms with Crippen LogP contribution in [-0.2, 0) is 11.6 Å². The summed E-state index contributed by atoms with van der Waals surface area (Å²) >= 11 is 0.835. The van der Waals surface area contributed by atoms with Gasteiger partial charge in [-0.25, -0.2) is 0 Å². The molecule has 1 heterocycles. The van der Waals surface area contributed by atoms with Gasteiger partial charge >= 0.3 is 0 Å². The Hall–Kier alpha value is -1.74. The molecule has 1 aliphatic heterocycles. The van der Waals surface area contributed by atoms with Crippen LogP contribution in [0.15, 0.2) is 81.8 Å². The van der Waals surface area contributed by atoms with Crippen molar-refractivity contribution in [2.75, 3.05) is 0 Å². The molecule has 16 heavy (non-hydrogen) atoms. The van der Waals surface area contributed by atoms with Gasteiger partial charge in [-0.3, -0.25) is 0 Å². The Morgan fingerprint density at radius 3 is 1.69 bits per heavy atom. The van der Waals surface area contributed by atoms with Gasteiger partial charge in [0.05, 0.1) is 6.21 Å². The van der Waals surface area contributed by atoms with Gasteiger partial charge in [-0.2, -0.15) is 5.10 Å². The maximum absolute atomic E-state index is 3.91. The van der Waals surface area contributed by atoms with Crippen LogP contribution >= 0.6 is 0 Å². The Bertz CT molecular complexity index is 256. The number of nitrogens with zero attached hydrogens (tertiary/aromatic N) is 2. The highest BCUT2D eigenvalue weighted by Crippen LogP contribution is 1.85. The summed E-state index contributed by atoms with van der Waals surface area (Å²) in [7, 11) is 0. The molecule has 0 bridgehead atoms. The lowest BCUT2D eigenvalue weighted by Gasteiger charge is -1.77. The molecule has 0 aromatic heterocycles. The molecular weight excluding hydrogens is 216 g/mol. The Balaban J connectivity index is 2.67. The SMILES string of the molecule is C1=CC=CC=CC=NN=[SH]C=CC=CC=C1. The monoisotopic (exact) mass is 230 g/mol. The van der Waals surface area contributed by atoms with E-state index in [9.17, 15) is 0 Å². The molecule has 0 saturated carbocycles. The predicted molar refractivity (Wildman–Crippen MR) is 74.5 cm³/mol. The Labute approximate surface area is 99.9 Å². The van der Waals surface area contributed by atoms with E-state index < -0.39 is 0 Å². The van der Waals surface area contributed by atoms with E-state index in [-0.39, 0.29) is 0 Å². The fourth-order valence-electron chi connectivity index (χ4n) is 0.843. The van der Waals surface area contributed by atoms with Crippen molar-refractivity contribution in [3.8, 4) is 0 Å². The van der Waals surface area contributed by atoms with Crippen LogP contribution in [0.3, 0.4) is 0 Å². The van der Waals surface area contributed by atoms with E-state index >= 15 is 0 Å². The maximum Gasteiger partial charge on any atom is 0.0501 e. The first-order valence-electron chi connectivity index (χ1n) is 4.92. The highest BCUT2D eigenvalue weighted by molar-refractivity contribution is 7.71. The molecule has 0 saturated heterocycles. The smallest absolute Gasteiger partial charge is 0.0501 e. The van der Waals surface area contributed by atoms with Crippen molar-refractivity contribution in [3.05, 3.63) is 72.2 Å². The minimum Gasteiger partial charge on any atom is -0.153 e. The summed E-state index contributed by atoms with van der Waals surface area (Å²) in [6.45, 7) is 0. The summed E-state index contributed by atoms with van der Waals surface area (Å²) in [5, 5.41) is 5.78. The second-order valence-corrected chi connectivity index (χ2v) is 3.44. The number of hydrogen-bond donors (Lipinski definition) is 1. The fourth-order valence-corrected chi connectivity index (χ4v) is 1.20. The van der Waals surface area contributed by atoms with Crippen LogP contribution in [0, 0.1) is 0 Å². The van der Waals surface area contributed by atoms with Gasteiger partial charge in [0.15, 0.2) is 0 Å². The molecule has 3 heteroatoms. The van der Waals surface area contributed by atoms with Crippen molar-refractivity contribution >= 4 is 17.8 Å². The van der Waals surface area contributed by atoms with Crippen LogP contribution in [0.5, 0.6) is 0 Å². The third-order valence-corrected chi connectivity index (χ3v) is 2.03. The number of thiol groups is 1. The van der Waals surface area contributed by atoms with Crippen LogP contribution in [0.4, 0.5) is 0 Å². The van der Waals surface area contributed by atoms with Crippen molar-refractivity contribution in [1.82, 2.24) is 0 Å². The zero-order valence-corrected chi connectivity index (χ0v) is 9.74. The lowest BCUT2D eigenvalue weighted by Crippen LogP contribution is -1.61. The molecule has 0 fully saturated rings. The molecule has 0 aromatic carbocycles. The predicted octanol–water partition coefficient (Wildman–Crippen LogP) is 3.28. The van der Waals surface area contributed by atoms with E-state index in [0.29, 0.717) is 0 Å². The quantitative estimate of drug-likeness (QED) is 0.618. The molecule has 1 aliphatic rings. The minimum absolute atomic E-state index is 0.835. The molecule has 82 valence electrons. The molecule has 0 amide bonds. The van der Waals surface area contributed by atoms with E-state index in [1.54, 1.807) is 6.21 Å². The molecule has 1 rings (SSSR count). The molecule has 0 N–H and O–H groups in total. The maximum atomic E-state index is 3.91. The van der Waals surface area contributed by atoms with Gasteiger partial charge in [-0.1, -0.05) is 72.3 Å². The molecule has 2 nitrogen and oxygen atoms in total. The molecule has 0 spiro atoms. The van der Waals surface area contributed by atoms with Crippen molar-refractivity contribution in [2.45, 2.75) is 0 Å². The van der Waals surface area contributed by atoms with Gasteiger partial charge in [0.1, 0.15) is 0 Å². The highest BCUT2D eigenvalue weighted by atomic mass is 32.1. The molecule has 0 atom stereocenters. The van der Waals surface area contributed by atoms with E-state index in [4.69, 9.17) is 0 Å².